The third-order valence-corrected chi connectivity index (χ3v) is 3.50. The van der Waals surface area contributed by atoms with Gasteiger partial charge in [0.2, 0.25) is 0 Å². The predicted molar refractivity (Wildman–Crippen MR) is 89.3 cm³/mol. The molecule has 0 spiro atoms. The molecule has 0 atom stereocenters. The maximum atomic E-state index is 5.89. The Kier molecular flexibility index (Phi) is 5.48. The van der Waals surface area contributed by atoms with Gasteiger partial charge in [-0.2, -0.15) is 0 Å². The second-order valence-electron chi connectivity index (χ2n) is 5.15. The first-order chi connectivity index (χ1) is 10.6. The molecule has 2 aromatic rings. The van der Waals surface area contributed by atoms with Crippen LogP contribution < -0.4 is 9.47 Å². The highest BCUT2D eigenvalue weighted by Gasteiger charge is 2.04. The molecule has 3 heteroatoms. The van der Waals surface area contributed by atoms with Crippen molar-refractivity contribution >= 4 is 6.08 Å². The molecular formula is C19H22O3. The number of ether oxygens (including phenoxy) is 3. The van der Waals surface area contributed by atoms with Gasteiger partial charge in [0.15, 0.2) is 0 Å². The van der Waals surface area contributed by atoms with Gasteiger partial charge >= 0.3 is 0 Å². The predicted octanol–water partition coefficient (Wildman–Crippen LogP) is 4.51. The number of benzene rings is 2. The van der Waals surface area contributed by atoms with Gasteiger partial charge in [-0.25, -0.2) is 0 Å². The molecule has 3 nitrogen and oxygen atoms in total. The molecule has 0 aromatic heterocycles. The topological polar surface area (TPSA) is 27.7 Å². The summed E-state index contributed by atoms with van der Waals surface area (Å²) in [5.74, 6) is 1.73. The van der Waals surface area contributed by atoms with E-state index in [1.807, 2.05) is 42.5 Å². The van der Waals surface area contributed by atoms with Crippen molar-refractivity contribution in [3.63, 3.8) is 0 Å². The third-order valence-electron chi connectivity index (χ3n) is 3.50. The number of hydrogen-bond acceptors (Lipinski definition) is 3. The summed E-state index contributed by atoms with van der Waals surface area (Å²) in [6.45, 7) is 4.68. The van der Waals surface area contributed by atoms with Crippen LogP contribution in [0, 0.1) is 13.8 Å². The largest absolute Gasteiger partial charge is 0.504 e. The van der Waals surface area contributed by atoms with Crippen LogP contribution >= 0.6 is 0 Å². The van der Waals surface area contributed by atoms with Crippen LogP contribution in [0.2, 0.25) is 0 Å². The molecule has 0 bridgehead atoms. The minimum Gasteiger partial charge on any atom is -0.504 e. The molecule has 2 aromatic carbocycles. The molecule has 0 aliphatic heterocycles. The summed E-state index contributed by atoms with van der Waals surface area (Å²) in [7, 11) is 3.31. The third kappa shape index (κ3) is 4.04. The lowest BCUT2D eigenvalue weighted by molar-refractivity contribution is 0.305. The monoisotopic (exact) mass is 298 g/mol. The van der Waals surface area contributed by atoms with Gasteiger partial charge < -0.3 is 14.2 Å². The maximum absolute atomic E-state index is 5.89. The molecule has 0 radical (unpaired) electrons. The summed E-state index contributed by atoms with van der Waals surface area (Å²) in [5.41, 5.74) is 4.61. The van der Waals surface area contributed by atoms with E-state index < -0.39 is 0 Å². The Balaban J connectivity index is 2.08. The minimum absolute atomic E-state index is 0.538. The molecule has 0 heterocycles. The summed E-state index contributed by atoms with van der Waals surface area (Å²) in [6.07, 6.45) is 3.66. The zero-order valence-electron chi connectivity index (χ0n) is 13.6. The van der Waals surface area contributed by atoms with Crippen LogP contribution in [0.25, 0.3) is 6.08 Å². The fourth-order valence-electron chi connectivity index (χ4n) is 2.31. The molecule has 0 aliphatic carbocycles. The Bertz CT molecular complexity index is 619. The molecule has 0 aliphatic rings. The SMILES string of the molecule is CO/C=C/c1c(C)cc(OCc2ccc(OC)cc2)cc1C. The van der Waals surface area contributed by atoms with Crippen molar-refractivity contribution in [1.82, 2.24) is 0 Å². The number of aryl methyl sites for hydroxylation is 2. The van der Waals surface area contributed by atoms with Crippen molar-refractivity contribution in [3.05, 3.63) is 64.9 Å². The van der Waals surface area contributed by atoms with E-state index in [1.165, 1.54) is 5.56 Å². The highest BCUT2D eigenvalue weighted by atomic mass is 16.5. The number of hydrogen-bond donors (Lipinski definition) is 0. The highest BCUT2D eigenvalue weighted by molar-refractivity contribution is 5.59. The Morgan fingerprint density at radius 2 is 1.55 bits per heavy atom. The number of methoxy groups -OCH3 is 2. The first kappa shape index (κ1) is 16.0. The Morgan fingerprint density at radius 1 is 0.909 bits per heavy atom. The van der Waals surface area contributed by atoms with Gasteiger partial charge in [-0.1, -0.05) is 12.1 Å². The molecule has 0 N–H and O–H groups in total. The molecule has 2 rings (SSSR count). The van der Waals surface area contributed by atoms with Crippen LogP contribution in [-0.4, -0.2) is 14.2 Å². The van der Waals surface area contributed by atoms with Gasteiger partial charge in [-0.3, -0.25) is 0 Å². The fourth-order valence-corrected chi connectivity index (χ4v) is 2.31. The van der Waals surface area contributed by atoms with E-state index in [4.69, 9.17) is 14.2 Å². The van der Waals surface area contributed by atoms with E-state index >= 15 is 0 Å². The normalized spacial score (nSPS) is 10.7. The zero-order valence-corrected chi connectivity index (χ0v) is 13.6. The highest BCUT2D eigenvalue weighted by Crippen LogP contribution is 2.24. The smallest absolute Gasteiger partial charge is 0.120 e. The van der Waals surface area contributed by atoms with Crippen molar-refractivity contribution in [2.45, 2.75) is 20.5 Å². The molecule has 0 unspecified atom stereocenters. The Morgan fingerprint density at radius 3 is 2.09 bits per heavy atom. The summed E-state index contributed by atoms with van der Waals surface area (Å²) in [5, 5.41) is 0. The standard InChI is InChI=1S/C19H22O3/c1-14-11-18(12-15(2)19(14)9-10-20-3)22-13-16-5-7-17(21-4)8-6-16/h5-12H,13H2,1-4H3/b10-9+. The van der Waals surface area contributed by atoms with E-state index in [-0.39, 0.29) is 0 Å². The van der Waals surface area contributed by atoms with E-state index in [2.05, 4.69) is 13.8 Å². The van der Waals surface area contributed by atoms with Crippen LogP contribution in [-0.2, 0) is 11.3 Å². The Hall–Kier alpha value is -2.42. The van der Waals surface area contributed by atoms with Crippen LogP contribution in [0.4, 0.5) is 0 Å². The van der Waals surface area contributed by atoms with Gasteiger partial charge in [0.1, 0.15) is 18.1 Å². The first-order valence-electron chi connectivity index (χ1n) is 7.20. The van der Waals surface area contributed by atoms with Crippen molar-refractivity contribution in [1.29, 1.82) is 0 Å². The van der Waals surface area contributed by atoms with Gasteiger partial charge in [-0.15, -0.1) is 0 Å². The summed E-state index contributed by atoms with van der Waals surface area (Å²) in [4.78, 5) is 0. The van der Waals surface area contributed by atoms with Crippen LogP contribution in [0.15, 0.2) is 42.7 Å². The zero-order chi connectivity index (χ0) is 15.9. The van der Waals surface area contributed by atoms with Crippen molar-refractivity contribution in [2.24, 2.45) is 0 Å². The van der Waals surface area contributed by atoms with Gasteiger partial charge in [0.25, 0.3) is 0 Å². The molecule has 0 fully saturated rings. The van der Waals surface area contributed by atoms with Gasteiger partial charge in [0.05, 0.1) is 20.5 Å². The maximum Gasteiger partial charge on any atom is 0.120 e. The second-order valence-corrected chi connectivity index (χ2v) is 5.15. The minimum atomic E-state index is 0.538. The van der Waals surface area contributed by atoms with E-state index in [9.17, 15) is 0 Å². The fraction of sp³-hybridized carbons (Fsp3) is 0.263. The lowest BCUT2D eigenvalue weighted by atomic mass is 10.0. The van der Waals surface area contributed by atoms with E-state index in [1.54, 1.807) is 20.5 Å². The number of rotatable bonds is 6. The van der Waals surface area contributed by atoms with E-state index in [0.29, 0.717) is 6.61 Å². The average Bonchev–Trinajstić information content (AvgIpc) is 2.52. The van der Waals surface area contributed by atoms with Crippen LogP contribution in [0.5, 0.6) is 11.5 Å². The van der Waals surface area contributed by atoms with Gasteiger partial charge in [0, 0.05) is 0 Å². The van der Waals surface area contributed by atoms with Crippen molar-refractivity contribution < 1.29 is 14.2 Å². The molecule has 0 saturated carbocycles. The Labute approximate surface area is 132 Å². The lowest BCUT2D eigenvalue weighted by Crippen LogP contribution is -1.97. The molecule has 0 saturated heterocycles. The molecular weight excluding hydrogens is 276 g/mol. The first-order valence-corrected chi connectivity index (χ1v) is 7.20. The summed E-state index contributed by atoms with van der Waals surface area (Å²) < 4.78 is 16.0. The molecule has 116 valence electrons. The van der Waals surface area contributed by atoms with Crippen molar-refractivity contribution in [3.8, 4) is 11.5 Å². The van der Waals surface area contributed by atoms with Crippen LogP contribution in [0.1, 0.15) is 22.3 Å². The quantitative estimate of drug-likeness (QED) is 0.734. The van der Waals surface area contributed by atoms with Crippen molar-refractivity contribution in [2.75, 3.05) is 14.2 Å². The van der Waals surface area contributed by atoms with E-state index in [0.717, 1.165) is 28.2 Å². The molecule has 0 amide bonds. The summed E-state index contributed by atoms with van der Waals surface area (Å²) in [6, 6.07) is 12.0. The average molecular weight is 298 g/mol. The lowest BCUT2D eigenvalue weighted by Gasteiger charge is -2.11. The van der Waals surface area contributed by atoms with Gasteiger partial charge in [-0.05, 0) is 66.4 Å². The summed E-state index contributed by atoms with van der Waals surface area (Å²) >= 11 is 0. The van der Waals surface area contributed by atoms with Crippen LogP contribution in [0.3, 0.4) is 0 Å². The second kappa shape index (κ2) is 7.55. The molecule has 22 heavy (non-hydrogen) atoms.